The van der Waals surface area contributed by atoms with E-state index < -0.39 is 20.9 Å². The molecule has 0 unspecified atom stereocenters. The Balaban J connectivity index is 1.90. The fourth-order valence-electron chi connectivity index (χ4n) is 1.93. The topological polar surface area (TPSA) is 118 Å². The molecule has 0 fully saturated rings. The number of nitrogens with one attached hydrogen (secondary N) is 2. The maximum Gasteiger partial charge on any atom is 0.269 e. The Morgan fingerprint density at radius 1 is 1.08 bits per heavy atom. The third-order valence-electron chi connectivity index (χ3n) is 3.21. The predicted octanol–water partition coefficient (Wildman–Crippen LogP) is 3.21. The molecule has 1 amide bonds. The third kappa shape index (κ3) is 5.40. The number of sulfonamides is 1. The number of hydrogen-bond donors (Lipinski definition) is 2. The molecule has 0 saturated heterocycles. The highest BCUT2D eigenvalue weighted by atomic mass is 35.5. The predicted molar refractivity (Wildman–Crippen MR) is 98.0 cm³/mol. The lowest BCUT2D eigenvalue weighted by atomic mass is 10.3. The summed E-state index contributed by atoms with van der Waals surface area (Å²) in [6.45, 7) is -0.146. The smallest absolute Gasteiger partial charge is 0.269 e. The van der Waals surface area contributed by atoms with E-state index in [2.05, 4.69) is 10.0 Å². The summed E-state index contributed by atoms with van der Waals surface area (Å²) in [5, 5.41) is 13.8. The molecule has 26 heavy (non-hydrogen) atoms. The first-order valence-corrected chi connectivity index (χ1v) is 9.42. The van der Waals surface area contributed by atoms with E-state index in [1.807, 2.05) is 0 Å². The first-order chi connectivity index (χ1) is 12.2. The zero-order chi connectivity index (χ0) is 19.3. The number of benzene rings is 2. The normalized spacial score (nSPS) is 11.2. The molecule has 0 radical (unpaired) electrons. The van der Waals surface area contributed by atoms with Crippen LogP contribution in [0.1, 0.15) is 6.42 Å². The number of nitrogens with zero attached hydrogens (tertiary/aromatic N) is 1. The Kier molecular flexibility index (Phi) is 6.54. The first kappa shape index (κ1) is 20.1. The minimum atomic E-state index is -3.87. The Bertz CT molecular complexity index is 933. The van der Waals surface area contributed by atoms with Gasteiger partial charge in [-0.15, -0.1) is 0 Å². The average Bonchev–Trinajstić information content (AvgIpc) is 2.58. The maximum atomic E-state index is 12.1. The fraction of sp³-hybridized carbons (Fsp3) is 0.133. The highest BCUT2D eigenvalue weighted by Crippen LogP contribution is 2.25. The van der Waals surface area contributed by atoms with Crippen molar-refractivity contribution in [2.45, 2.75) is 11.3 Å². The van der Waals surface area contributed by atoms with Crippen molar-refractivity contribution in [1.82, 2.24) is 4.72 Å². The Labute approximate surface area is 159 Å². The molecule has 8 nitrogen and oxygen atoms in total. The molecule has 0 aliphatic carbocycles. The molecular formula is C15H13Cl2N3O5S. The lowest BCUT2D eigenvalue weighted by molar-refractivity contribution is -0.384. The lowest BCUT2D eigenvalue weighted by Crippen LogP contribution is -2.27. The fourth-order valence-corrected chi connectivity index (χ4v) is 3.26. The van der Waals surface area contributed by atoms with Gasteiger partial charge in [0.25, 0.3) is 5.69 Å². The van der Waals surface area contributed by atoms with Crippen LogP contribution >= 0.6 is 23.2 Å². The van der Waals surface area contributed by atoms with E-state index >= 15 is 0 Å². The number of rotatable bonds is 7. The van der Waals surface area contributed by atoms with Crippen molar-refractivity contribution in [3.8, 4) is 0 Å². The minimum Gasteiger partial charge on any atom is -0.326 e. The molecule has 2 aromatic rings. The van der Waals surface area contributed by atoms with Gasteiger partial charge in [0.1, 0.15) is 0 Å². The molecule has 0 saturated carbocycles. The molecule has 0 atom stereocenters. The number of anilines is 1. The molecule has 2 rings (SSSR count). The standard InChI is InChI=1S/C15H13Cl2N3O5S/c16-13-6-1-10(9-14(13)17)19-15(21)7-8-18-26(24,25)12-4-2-11(3-5-12)20(22)23/h1-6,9,18H,7-8H2,(H,19,21). The van der Waals surface area contributed by atoms with Crippen molar-refractivity contribution in [3.05, 3.63) is 62.6 Å². The van der Waals surface area contributed by atoms with E-state index in [4.69, 9.17) is 23.2 Å². The van der Waals surface area contributed by atoms with Crippen molar-refractivity contribution in [2.24, 2.45) is 0 Å². The second-order valence-corrected chi connectivity index (χ2v) is 7.66. The number of nitro benzene ring substituents is 1. The molecule has 0 bridgehead atoms. The number of halogens is 2. The van der Waals surface area contributed by atoms with Crippen molar-refractivity contribution in [2.75, 3.05) is 11.9 Å². The van der Waals surface area contributed by atoms with Crippen LogP contribution in [0.15, 0.2) is 47.4 Å². The van der Waals surface area contributed by atoms with Gasteiger partial charge in [-0.25, -0.2) is 13.1 Å². The second-order valence-electron chi connectivity index (χ2n) is 5.08. The zero-order valence-corrected chi connectivity index (χ0v) is 15.4. The maximum absolute atomic E-state index is 12.1. The summed E-state index contributed by atoms with van der Waals surface area (Å²) in [6.07, 6.45) is -0.119. The van der Waals surface area contributed by atoms with Crippen LogP contribution in [-0.2, 0) is 14.8 Å². The Hall–Kier alpha value is -2.20. The van der Waals surface area contributed by atoms with Gasteiger partial charge in [0.15, 0.2) is 0 Å². The van der Waals surface area contributed by atoms with E-state index in [9.17, 15) is 23.3 Å². The molecule has 0 heterocycles. The van der Waals surface area contributed by atoms with Gasteiger partial charge in [-0.1, -0.05) is 23.2 Å². The van der Waals surface area contributed by atoms with Gasteiger partial charge in [0.05, 0.1) is 19.9 Å². The number of carbonyl (C=O) groups is 1. The van der Waals surface area contributed by atoms with Crippen LogP contribution in [0.2, 0.25) is 10.0 Å². The molecule has 2 N–H and O–H groups in total. The summed E-state index contributed by atoms with van der Waals surface area (Å²) in [7, 11) is -3.87. The number of hydrogen-bond acceptors (Lipinski definition) is 5. The van der Waals surface area contributed by atoms with Crippen LogP contribution in [-0.4, -0.2) is 25.8 Å². The lowest BCUT2D eigenvalue weighted by Gasteiger charge is -2.08. The summed E-state index contributed by atoms with van der Waals surface area (Å²) in [5.41, 5.74) is 0.215. The Morgan fingerprint density at radius 3 is 2.31 bits per heavy atom. The van der Waals surface area contributed by atoms with E-state index in [1.54, 1.807) is 6.07 Å². The zero-order valence-electron chi connectivity index (χ0n) is 13.1. The van der Waals surface area contributed by atoms with Gasteiger partial charge < -0.3 is 5.32 Å². The van der Waals surface area contributed by atoms with Crippen molar-refractivity contribution in [3.63, 3.8) is 0 Å². The average molecular weight is 418 g/mol. The minimum absolute atomic E-state index is 0.119. The summed E-state index contributed by atoms with van der Waals surface area (Å²) < 4.78 is 26.4. The van der Waals surface area contributed by atoms with Crippen LogP contribution in [0.3, 0.4) is 0 Å². The summed E-state index contributed by atoms with van der Waals surface area (Å²) >= 11 is 11.6. The molecule has 2 aromatic carbocycles. The van der Waals surface area contributed by atoms with Crippen LogP contribution in [0, 0.1) is 10.1 Å². The summed E-state index contributed by atoms with van der Waals surface area (Å²) in [6, 6.07) is 8.98. The molecule has 11 heteroatoms. The molecule has 138 valence electrons. The number of non-ortho nitro benzene ring substituents is 1. The summed E-state index contributed by atoms with van der Waals surface area (Å²) in [4.78, 5) is 21.7. The van der Waals surface area contributed by atoms with Crippen molar-refractivity contribution in [1.29, 1.82) is 0 Å². The second kappa shape index (κ2) is 8.45. The van der Waals surface area contributed by atoms with Gasteiger partial charge in [-0.05, 0) is 30.3 Å². The van der Waals surface area contributed by atoms with E-state index in [1.165, 1.54) is 12.1 Å². The third-order valence-corrected chi connectivity index (χ3v) is 5.42. The van der Waals surface area contributed by atoms with Crippen molar-refractivity contribution < 1.29 is 18.1 Å². The van der Waals surface area contributed by atoms with Gasteiger partial charge in [-0.3, -0.25) is 14.9 Å². The molecule has 0 aliphatic heterocycles. The Morgan fingerprint density at radius 2 is 1.73 bits per heavy atom. The molecule has 0 spiro atoms. The van der Waals surface area contributed by atoms with Gasteiger partial charge in [0, 0.05) is 30.8 Å². The SMILES string of the molecule is O=C(CCNS(=O)(=O)c1ccc([N+](=O)[O-])cc1)Nc1ccc(Cl)c(Cl)c1. The largest absolute Gasteiger partial charge is 0.326 e. The number of amides is 1. The van der Waals surface area contributed by atoms with E-state index in [0.29, 0.717) is 10.7 Å². The van der Waals surface area contributed by atoms with Crippen LogP contribution in [0.4, 0.5) is 11.4 Å². The van der Waals surface area contributed by atoms with Gasteiger partial charge >= 0.3 is 0 Å². The van der Waals surface area contributed by atoms with Crippen LogP contribution in [0.25, 0.3) is 0 Å². The molecule has 0 aromatic heterocycles. The highest BCUT2D eigenvalue weighted by molar-refractivity contribution is 7.89. The van der Waals surface area contributed by atoms with Crippen LogP contribution < -0.4 is 10.0 Å². The summed E-state index contributed by atoms with van der Waals surface area (Å²) in [5.74, 6) is -0.421. The van der Waals surface area contributed by atoms with Gasteiger partial charge in [0.2, 0.25) is 15.9 Å². The molecule has 0 aliphatic rings. The molecular weight excluding hydrogens is 405 g/mol. The van der Waals surface area contributed by atoms with E-state index in [-0.39, 0.29) is 28.6 Å². The van der Waals surface area contributed by atoms with Gasteiger partial charge in [-0.2, -0.15) is 0 Å². The van der Waals surface area contributed by atoms with E-state index in [0.717, 1.165) is 24.3 Å². The highest BCUT2D eigenvalue weighted by Gasteiger charge is 2.16. The number of nitro groups is 1. The van der Waals surface area contributed by atoms with Crippen molar-refractivity contribution >= 4 is 50.5 Å². The quantitative estimate of drug-likeness (QED) is 0.529. The monoisotopic (exact) mass is 417 g/mol. The first-order valence-electron chi connectivity index (χ1n) is 7.18. The number of carbonyl (C=O) groups excluding carboxylic acids is 1. The van der Waals surface area contributed by atoms with Crippen LogP contribution in [0.5, 0.6) is 0 Å².